The number of carboxylic acids is 1. The number of hydrogen-bond acceptors (Lipinski definition) is 5. The summed E-state index contributed by atoms with van der Waals surface area (Å²) in [5.41, 5.74) is -0.206. The number of carbonyl (C=O) groups excluding carboxylic acids is 1. The molecule has 1 aromatic carbocycles. The van der Waals surface area contributed by atoms with Crippen molar-refractivity contribution in [2.75, 3.05) is 20.2 Å². The number of ether oxygens (including phenoxy) is 1. The molecule has 0 atom stereocenters. The number of hydrogen-bond donors (Lipinski definition) is 1. The van der Waals surface area contributed by atoms with Gasteiger partial charge in [0.25, 0.3) is 0 Å². The lowest BCUT2D eigenvalue weighted by Crippen LogP contribution is -2.33. The molecule has 0 aliphatic carbocycles. The summed E-state index contributed by atoms with van der Waals surface area (Å²) >= 11 is 5.97. The second-order valence-corrected chi connectivity index (χ2v) is 5.11. The highest BCUT2D eigenvalue weighted by Crippen LogP contribution is 2.22. The van der Waals surface area contributed by atoms with Gasteiger partial charge >= 0.3 is 5.97 Å². The Morgan fingerprint density at radius 3 is 2.78 bits per heavy atom. The van der Waals surface area contributed by atoms with Crippen LogP contribution in [-0.2, 0) is 11.3 Å². The van der Waals surface area contributed by atoms with Crippen molar-refractivity contribution >= 4 is 23.5 Å². The summed E-state index contributed by atoms with van der Waals surface area (Å²) in [6.07, 6.45) is 1.20. The van der Waals surface area contributed by atoms with E-state index in [1.807, 2.05) is 0 Å². The van der Waals surface area contributed by atoms with Crippen LogP contribution in [0.15, 0.2) is 30.5 Å². The number of carboxylic acid groups (broad SMARTS) is 1. The van der Waals surface area contributed by atoms with Crippen LogP contribution in [0.4, 0.5) is 0 Å². The fourth-order valence-electron chi connectivity index (χ4n) is 1.71. The Morgan fingerprint density at radius 1 is 1.39 bits per heavy atom. The number of aromatic carboxylic acids is 1. The van der Waals surface area contributed by atoms with E-state index in [2.05, 4.69) is 10.3 Å². The van der Waals surface area contributed by atoms with E-state index < -0.39 is 5.97 Å². The molecule has 2 aromatic rings. The Bertz CT molecular complexity index is 704. The summed E-state index contributed by atoms with van der Waals surface area (Å²) in [6, 6.07) is 7.07. The average Bonchev–Trinajstić information content (AvgIpc) is 2.97. The Morgan fingerprint density at radius 2 is 2.13 bits per heavy atom. The molecule has 1 amide bonds. The van der Waals surface area contributed by atoms with Crippen LogP contribution in [0.1, 0.15) is 10.5 Å². The fraction of sp³-hybridized carbons (Fsp3) is 0.286. The maximum atomic E-state index is 12.0. The monoisotopic (exact) mass is 338 g/mol. The lowest BCUT2D eigenvalue weighted by Gasteiger charge is -2.17. The van der Waals surface area contributed by atoms with Crippen LogP contribution < -0.4 is 4.74 Å². The predicted octanol–water partition coefficient (Wildman–Crippen LogP) is 1.17. The first kappa shape index (κ1) is 16.8. The van der Waals surface area contributed by atoms with Crippen LogP contribution >= 0.6 is 11.6 Å². The summed E-state index contributed by atoms with van der Waals surface area (Å²) in [6.45, 7) is 0.539. The van der Waals surface area contributed by atoms with Crippen molar-refractivity contribution < 1.29 is 19.4 Å². The topological polar surface area (TPSA) is 97.5 Å². The molecular weight excluding hydrogens is 324 g/mol. The molecule has 0 saturated carbocycles. The second-order valence-electron chi connectivity index (χ2n) is 4.70. The van der Waals surface area contributed by atoms with Crippen LogP contribution in [0.5, 0.6) is 5.75 Å². The first-order valence-corrected chi connectivity index (χ1v) is 7.10. The SMILES string of the molecule is CN(CCOc1ccccc1Cl)C(=O)Cn1cc(C(=O)O)nn1. The van der Waals surface area contributed by atoms with Crippen LogP contribution in [0, 0.1) is 0 Å². The van der Waals surface area contributed by atoms with Gasteiger partial charge in [-0.1, -0.05) is 28.9 Å². The van der Waals surface area contributed by atoms with Gasteiger partial charge in [0.2, 0.25) is 5.91 Å². The molecule has 0 spiro atoms. The van der Waals surface area contributed by atoms with E-state index in [0.29, 0.717) is 17.3 Å². The molecule has 8 nitrogen and oxygen atoms in total. The maximum Gasteiger partial charge on any atom is 0.358 e. The van der Waals surface area contributed by atoms with Gasteiger partial charge in [-0.15, -0.1) is 5.10 Å². The molecule has 0 aliphatic heterocycles. The molecule has 2 rings (SSSR count). The first-order chi connectivity index (χ1) is 11.0. The first-order valence-electron chi connectivity index (χ1n) is 6.72. The molecular formula is C14H15ClN4O4. The molecule has 0 aliphatic rings. The number of amides is 1. The van der Waals surface area contributed by atoms with E-state index in [1.165, 1.54) is 15.8 Å². The number of carbonyl (C=O) groups is 2. The molecule has 1 heterocycles. The van der Waals surface area contributed by atoms with Crippen LogP contribution in [0.3, 0.4) is 0 Å². The van der Waals surface area contributed by atoms with Gasteiger partial charge in [-0.3, -0.25) is 4.79 Å². The maximum absolute atomic E-state index is 12.0. The number of rotatable bonds is 7. The lowest BCUT2D eigenvalue weighted by molar-refractivity contribution is -0.131. The highest BCUT2D eigenvalue weighted by atomic mass is 35.5. The third-order valence-electron chi connectivity index (χ3n) is 3.00. The quantitative estimate of drug-likeness (QED) is 0.813. The minimum Gasteiger partial charge on any atom is -0.490 e. The van der Waals surface area contributed by atoms with Crippen molar-refractivity contribution in [3.8, 4) is 5.75 Å². The van der Waals surface area contributed by atoms with Gasteiger partial charge in [0.15, 0.2) is 5.69 Å². The standard InChI is InChI=1S/C14H15ClN4O4/c1-18(6-7-23-12-5-3-2-4-10(12)15)13(20)9-19-8-11(14(21)22)16-17-19/h2-5,8H,6-7,9H2,1H3,(H,21,22). The van der Waals surface area contributed by atoms with E-state index in [9.17, 15) is 9.59 Å². The van der Waals surface area contributed by atoms with Crippen LogP contribution in [0.2, 0.25) is 5.02 Å². The molecule has 0 unspecified atom stereocenters. The van der Waals surface area contributed by atoms with E-state index >= 15 is 0 Å². The van der Waals surface area contributed by atoms with E-state index in [0.717, 1.165) is 0 Å². The number of halogens is 1. The summed E-state index contributed by atoms with van der Waals surface area (Å²) in [5, 5.41) is 16.3. The number of aromatic nitrogens is 3. The Labute approximate surface area is 137 Å². The van der Waals surface area contributed by atoms with E-state index in [-0.39, 0.29) is 24.8 Å². The molecule has 23 heavy (non-hydrogen) atoms. The van der Waals surface area contributed by atoms with Crippen molar-refractivity contribution in [2.24, 2.45) is 0 Å². The van der Waals surface area contributed by atoms with E-state index in [4.69, 9.17) is 21.4 Å². The van der Waals surface area contributed by atoms with E-state index in [1.54, 1.807) is 31.3 Å². The van der Waals surface area contributed by atoms with Gasteiger partial charge in [-0.05, 0) is 12.1 Å². The third-order valence-corrected chi connectivity index (χ3v) is 3.31. The predicted molar refractivity (Wildman–Crippen MR) is 81.6 cm³/mol. The number of nitrogens with zero attached hydrogens (tertiary/aromatic N) is 4. The summed E-state index contributed by atoms with van der Waals surface area (Å²) in [4.78, 5) is 24.2. The lowest BCUT2D eigenvalue weighted by atomic mass is 10.3. The summed E-state index contributed by atoms with van der Waals surface area (Å²) in [7, 11) is 1.62. The van der Waals surface area contributed by atoms with Crippen molar-refractivity contribution in [1.82, 2.24) is 19.9 Å². The fourth-order valence-corrected chi connectivity index (χ4v) is 1.90. The third kappa shape index (κ3) is 4.68. The van der Waals surface area contributed by atoms with Gasteiger partial charge in [0, 0.05) is 7.05 Å². The van der Waals surface area contributed by atoms with Crippen molar-refractivity contribution in [3.05, 3.63) is 41.2 Å². The zero-order chi connectivity index (χ0) is 16.8. The molecule has 0 bridgehead atoms. The molecule has 9 heteroatoms. The molecule has 0 radical (unpaired) electrons. The summed E-state index contributed by atoms with van der Waals surface area (Å²) < 4.78 is 6.68. The highest BCUT2D eigenvalue weighted by molar-refractivity contribution is 6.32. The zero-order valence-electron chi connectivity index (χ0n) is 12.3. The largest absolute Gasteiger partial charge is 0.490 e. The van der Waals surface area contributed by atoms with Gasteiger partial charge in [0.1, 0.15) is 18.9 Å². The molecule has 122 valence electrons. The van der Waals surface area contributed by atoms with Crippen molar-refractivity contribution in [3.63, 3.8) is 0 Å². The Kier molecular flexibility index (Phi) is 5.53. The minimum absolute atomic E-state index is 0.0944. The molecule has 1 aromatic heterocycles. The Hall–Kier alpha value is -2.61. The highest BCUT2D eigenvalue weighted by Gasteiger charge is 2.13. The van der Waals surface area contributed by atoms with Gasteiger partial charge < -0.3 is 14.7 Å². The second kappa shape index (κ2) is 7.59. The number of para-hydroxylation sites is 1. The number of likely N-dealkylation sites (N-methyl/N-ethyl adjacent to an activating group) is 1. The van der Waals surface area contributed by atoms with Crippen LogP contribution in [0.25, 0.3) is 0 Å². The average molecular weight is 339 g/mol. The normalized spacial score (nSPS) is 10.3. The van der Waals surface area contributed by atoms with Crippen molar-refractivity contribution in [2.45, 2.75) is 6.54 Å². The van der Waals surface area contributed by atoms with Gasteiger partial charge in [-0.25, -0.2) is 9.48 Å². The minimum atomic E-state index is -1.19. The number of benzene rings is 1. The van der Waals surface area contributed by atoms with Gasteiger partial charge in [-0.2, -0.15) is 0 Å². The summed E-state index contributed by atoms with van der Waals surface area (Å²) in [5.74, 6) is -0.878. The molecule has 0 saturated heterocycles. The van der Waals surface area contributed by atoms with Crippen molar-refractivity contribution in [1.29, 1.82) is 0 Å². The molecule has 0 fully saturated rings. The Balaban J connectivity index is 1.80. The smallest absolute Gasteiger partial charge is 0.358 e. The van der Waals surface area contributed by atoms with Gasteiger partial charge in [0.05, 0.1) is 17.8 Å². The molecule has 1 N–H and O–H groups in total. The van der Waals surface area contributed by atoms with Crippen LogP contribution in [-0.4, -0.2) is 57.1 Å². The zero-order valence-corrected chi connectivity index (χ0v) is 13.1.